The van der Waals surface area contributed by atoms with E-state index >= 15 is 0 Å². The van der Waals surface area contributed by atoms with Crippen LogP contribution in [0.5, 0.6) is 11.5 Å². The second kappa shape index (κ2) is 6.77. The first-order valence-corrected chi connectivity index (χ1v) is 7.20. The second-order valence-electron chi connectivity index (χ2n) is 4.33. The van der Waals surface area contributed by atoms with Crippen LogP contribution < -0.4 is 9.47 Å². The Morgan fingerprint density at radius 2 is 2.23 bits per heavy atom. The maximum Gasteiger partial charge on any atom is 0.367 e. The Labute approximate surface area is 139 Å². The lowest BCUT2D eigenvalue weighted by molar-refractivity contribution is -0.139. The number of halogens is 1. The third-order valence-electron chi connectivity index (χ3n) is 2.78. The summed E-state index contributed by atoms with van der Waals surface area (Å²) in [7, 11) is 1.45. The summed E-state index contributed by atoms with van der Waals surface area (Å²) in [5.74, 6) is -0.879. The summed E-state index contributed by atoms with van der Waals surface area (Å²) in [6.07, 6.45) is 1.62. The molecule has 0 atom stereocenters. The fourth-order valence-electron chi connectivity index (χ4n) is 1.78. The monoisotopic (exact) mass is 417 g/mol. The minimum Gasteiger partial charge on any atom is -0.493 e. The number of hydrogen-bond acceptors (Lipinski definition) is 6. The molecule has 0 amide bonds. The molecule has 1 aliphatic rings. The maximum absolute atomic E-state index is 11.5. The molecular weight excluding hydrogens is 405 g/mol. The van der Waals surface area contributed by atoms with Gasteiger partial charge in [0.15, 0.2) is 18.1 Å². The van der Waals surface area contributed by atoms with Crippen LogP contribution in [-0.2, 0) is 14.4 Å². The van der Waals surface area contributed by atoms with Crippen LogP contribution in [0.2, 0.25) is 0 Å². The van der Waals surface area contributed by atoms with Gasteiger partial charge in [-0.05, 0) is 53.3 Å². The number of benzene rings is 1. The standard InChI is InChI=1S/C14H12INO6/c1-7-9(14(19)22-16-7)3-8-4-10(15)13(11(5-8)20-2)21-6-12(17)18/h3-5H,6H2,1-2H3,(H,17,18)/b9-3-. The normalized spacial score (nSPS) is 15.5. The minimum atomic E-state index is -1.08. The van der Waals surface area contributed by atoms with Crippen molar-refractivity contribution in [3.8, 4) is 11.5 Å². The number of rotatable bonds is 5. The maximum atomic E-state index is 11.5. The summed E-state index contributed by atoms with van der Waals surface area (Å²) in [5, 5.41) is 12.3. The van der Waals surface area contributed by atoms with Crippen LogP contribution in [0.25, 0.3) is 6.08 Å². The second-order valence-corrected chi connectivity index (χ2v) is 5.49. The van der Waals surface area contributed by atoms with Gasteiger partial charge in [0.2, 0.25) is 0 Å². The van der Waals surface area contributed by atoms with Crippen molar-refractivity contribution in [2.24, 2.45) is 5.16 Å². The summed E-state index contributed by atoms with van der Waals surface area (Å²) in [4.78, 5) is 26.7. The molecule has 0 saturated carbocycles. The summed E-state index contributed by atoms with van der Waals surface area (Å²) >= 11 is 2.01. The Balaban J connectivity index is 2.38. The average molecular weight is 417 g/mol. The largest absolute Gasteiger partial charge is 0.493 e. The number of oxime groups is 1. The molecule has 116 valence electrons. The third-order valence-corrected chi connectivity index (χ3v) is 3.58. The summed E-state index contributed by atoms with van der Waals surface area (Å²) in [6.45, 7) is 1.20. The van der Waals surface area contributed by atoms with E-state index in [1.165, 1.54) is 7.11 Å². The predicted molar refractivity (Wildman–Crippen MR) is 86.0 cm³/mol. The van der Waals surface area contributed by atoms with Crippen molar-refractivity contribution in [3.05, 3.63) is 26.8 Å². The Bertz CT molecular complexity index is 695. The molecule has 0 fully saturated rings. The quantitative estimate of drug-likeness (QED) is 0.448. The van der Waals surface area contributed by atoms with Crippen LogP contribution in [0.4, 0.5) is 0 Å². The van der Waals surface area contributed by atoms with E-state index in [2.05, 4.69) is 9.99 Å². The number of carboxylic acids is 1. The molecular formula is C14H12INO6. The molecule has 0 bridgehead atoms. The lowest BCUT2D eigenvalue weighted by Crippen LogP contribution is -2.11. The Morgan fingerprint density at radius 3 is 2.77 bits per heavy atom. The molecule has 0 saturated heterocycles. The van der Waals surface area contributed by atoms with E-state index in [1.54, 1.807) is 25.1 Å². The number of methoxy groups -OCH3 is 1. The Morgan fingerprint density at radius 1 is 1.50 bits per heavy atom. The average Bonchev–Trinajstić information content (AvgIpc) is 2.77. The van der Waals surface area contributed by atoms with Gasteiger partial charge >= 0.3 is 11.9 Å². The first kappa shape index (κ1) is 16.3. The van der Waals surface area contributed by atoms with Crippen LogP contribution in [0.1, 0.15) is 12.5 Å². The lowest BCUT2D eigenvalue weighted by Gasteiger charge is -2.12. The van der Waals surface area contributed by atoms with E-state index in [4.69, 9.17) is 14.6 Å². The molecule has 1 aromatic rings. The van der Waals surface area contributed by atoms with E-state index in [0.29, 0.717) is 31.9 Å². The fraction of sp³-hybridized carbons (Fsp3) is 0.214. The first-order chi connectivity index (χ1) is 10.4. The molecule has 22 heavy (non-hydrogen) atoms. The van der Waals surface area contributed by atoms with Gasteiger partial charge in [-0.1, -0.05) is 5.16 Å². The molecule has 7 nitrogen and oxygen atoms in total. The third kappa shape index (κ3) is 3.56. The van der Waals surface area contributed by atoms with E-state index in [1.807, 2.05) is 22.6 Å². The highest BCUT2D eigenvalue weighted by atomic mass is 127. The van der Waals surface area contributed by atoms with Crippen LogP contribution in [0, 0.1) is 3.57 Å². The molecule has 0 aliphatic carbocycles. The van der Waals surface area contributed by atoms with Gasteiger partial charge in [0, 0.05) is 0 Å². The predicted octanol–water partition coefficient (Wildman–Crippen LogP) is 2.08. The van der Waals surface area contributed by atoms with Gasteiger partial charge in [-0.3, -0.25) is 0 Å². The summed E-state index contributed by atoms with van der Waals surface area (Å²) in [6, 6.07) is 3.39. The van der Waals surface area contributed by atoms with Gasteiger partial charge in [-0.25, -0.2) is 9.59 Å². The Kier molecular flexibility index (Phi) is 5.01. The molecule has 1 aliphatic heterocycles. The van der Waals surface area contributed by atoms with Crippen LogP contribution >= 0.6 is 22.6 Å². The Hall–Kier alpha value is -2.10. The van der Waals surface area contributed by atoms with Crippen molar-refractivity contribution in [3.63, 3.8) is 0 Å². The van der Waals surface area contributed by atoms with Gasteiger partial charge < -0.3 is 19.4 Å². The molecule has 1 aromatic carbocycles. The van der Waals surface area contributed by atoms with Crippen molar-refractivity contribution in [2.45, 2.75) is 6.92 Å². The number of ether oxygens (including phenoxy) is 2. The van der Waals surface area contributed by atoms with E-state index in [9.17, 15) is 9.59 Å². The van der Waals surface area contributed by atoms with Gasteiger partial charge in [-0.15, -0.1) is 0 Å². The van der Waals surface area contributed by atoms with Gasteiger partial charge in [-0.2, -0.15) is 0 Å². The van der Waals surface area contributed by atoms with Crippen molar-refractivity contribution in [1.29, 1.82) is 0 Å². The summed E-state index contributed by atoms with van der Waals surface area (Å²) < 4.78 is 11.1. The number of nitrogens with zero attached hydrogens (tertiary/aromatic N) is 1. The molecule has 0 aromatic heterocycles. The van der Waals surface area contributed by atoms with Crippen molar-refractivity contribution in [1.82, 2.24) is 0 Å². The van der Waals surface area contributed by atoms with Gasteiger partial charge in [0.05, 0.1) is 22.0 Å². The molecule has 0 radical (unpaired) electrons. The molecule has 1 heterocycles. The topological polar surface area (TPSA) is 94.4 Å². The van der Waals surface area contributed by atoms with Crippen LogP contribution in [0.3, 0.4) is 0 Å². The smallest absolute Gasteiger partial charge is 0.367 e. The highest BCUT2D eigenvalue weighted by molar-refractivity contribution is 14.1. The zero-order valence-corrected chi connectivity index (χ0v) is 13.9. The number of carbonyl (C=O) groups excluding carboxylic acids is 1. The van der Waals surface area contributed by atoms with Gasteiger partial charge in [0.25, 0.3) is 0 Å². The van der Waals surface area contributed by atoms with Crippen LogP contribution in [-0.4, -0.2) is 36.5 Å². The highest BCUT2D eigenvalue weighted by Crippen LogP contribution is 2.34. The molecule has 0 unspecified atom stereocenters. The van der Waals surface area contributed by atoms with Crippen LogP contribution in [0.15, 0.2) is 22.9 Å². The van der Waals surface area contributed by atoms with Crippen molar-refractivity contribution in [2.75, 3.05) is 13.7 Å². The molecule has 1 N–H and O–H groups in total. The summed E-state index contributed by atoms with van der Waals surface area (Å²) in [5.41, 5.74) is 1.54. The number of carboxylic acid groups (broad SMARTS) is 1. The van der Waals surface area contributed by atoms with E-state index in [-0.39, 0.29) is 0 Å². The molecule has 0 spiro atoms. The number of aliphatic carboxylic acids is 1. The van der Waals surface area contributed by atoms with E-state index < -0.39 is 18.5 Å². The van der Waals surface area contributed by atoms with Gasteiger partial charge in [0.1, 0.15) is 0 Å². The SMILES string of the molecule is COc1cc(/C=C2\C(=O)ON=C2C)cc(I)c1OCC(=O)O. The lowest BCUT2D eigenvalue weighted by atomic mass is 10.1. The minimum absolute atomic E-state index is 0.340. The zero-order valence-electron chi connectivity index (χ0n) is 11.8. The first-order valence-electron chi connectivity index (χ1n) is 6.12. The van der Waals surface area contributed by atoms with Crippen molar-refractivity contribution >= 4 is 46.3 Å². The zero-order chi connectivity index (χ0) is 16.3. The molecule has 8 heteroatoms. The van der Waals surface area contributed by atoms with Crippen molar-refractivity contribution < 1.29 is 29.0 Å². The number of hydrogen-bond donors (Lipinski definition) is 1. The van der Waals surface area contributed by atoms with E-state index in [0.717, 1.165) is 0 Å². The fourth-order valence-corrected chi connectivity index (χ4v) is 2.56. The molecule has 2 rings (SSSR count). The highest BCUT2D eigenvalue weighted by Gasteiger charge is 2.22. The number of carbonyl (C=O) groups is 2.